The summed E-state index contributed by atoms with van der Waals surface area (Å²) in [5, 5.41) is 0. The first-order valence-electron chi connectivity index (χ1n) is 7.00. The highest BCUT2D eigenvalue weighted by atomic mass is 79.9. The summed E-state index contributed by atoms with van der Waals surface area (Å²) in [6.45, 7) is 5.73. The van der Waals surface area contributed by atoms with Crippen molar-refractivity contribution in [2.75, 3.05) is 0 Å². The molecule has 5 heteroatoms. The second-order valence-corrected chi connectivity index (χ2v) is 10.1. The largest absolute Gasteiger partial charge is 0.339 e. The van der Waals surface area contributed by atoms with Crippen molar-refractivity contribution >= 4 is 75.0 Å². The van der Waals surface area contributed by atoms with Gasteiger partial charge >= 0.3 is 0 Å². The highest BCUT2D eigenvalue weighted by molar-refractivity contribution is 9.11. The number of fused-ring (bicyclic) bond motifs is 3. The number of hydrogen-bond donors (Lipinski definition) is 0. The van der Waals surface area contributed by atoms with Crippen molar-refractivity contribution in [2.24, 2.45) is 5.92 Å². The molecule has 1 unspecified atom stereocenters. The van der Waals surface area contributed by atoms with Crippen LogP contribution < -0.4 is 0 Å². The normalized spacial score (nSPS) is 13.6. The van der Waals surface area contributed by atoms with Gasteiger partial charge in [0, 0.05) is 6.54 Å². The van der Waals surface area contributed by atoms with E-state index in [1.54, 1.807) is 0 Å². The lowest BCUT2D eigenvalue weighted by Gasteiger charge is -2.16. The smallest absolute Gasteiger partial charge is 0.0726 e. The number of aromatic nitrogens is 1. The summed E-state index contributed by atoms with van der Waals surface area (Å²) in [6, 6.07) is 4.55. The summed E-state index contributed by atoms with van der Waals surface area (Å²) in [7, 11) is 0. The predicted octanol–water partition coefficient (Wildman–Crippen LogP) is 7.27. The zero-order valence-electron chi connectivity index (χ0n) is 11.6. The first-order valence-corrected chi connectivity index (χ1v) is 10.2. The van der Waals surface area contributed by atoms with E-state index in [-0.39, 0.29) is 0 Å². The van der Waals surface area contributed by atoms with Crippen LogP contribution in [0.25, 0.3) is 20.4 Å². The van der Waals surface area contributed by atoms with E-state index in [0.29, 0.717) is 0 Å². The second kappa shape index (κ2) is 6.11. The van der Waals surface area contributed by atoms with Crippen molar-refractivity contribution < 1.29 is 0 Å². The molecule has 0 spiro atoms. The van der Waals surface area contributed by atoms with Crippen LogP contribution in [0.5, 0.6) is 0 Å². The van der Waals surface area contributed by atoms with Gasteiger partial charge in [0.1, 0.15) is 0 Å². The summed E-state index contributed by atoms with van der Waals surface area (Å²) in [4.78, 5) is 0. The Balaban J connectivity index is 2.13. The van der Waals surface area contributed by atoms with E-state index < -0.39 is 0 Å². The lowest BCUT2D eigenvalue weighted by Crippen LogP contribution is -2.09. The zero-order chi connectivity index (χ0) is 14.3. The molecule has 0 radical (unpaired) electrons. The Morgan fingerprint density at radius 3 is 2.05 bits per heavy atom. The van der Waals surface area contributed by atoms with Crippen LogP contribution in [0.2, 0.25) is 0 Å². The summed E-state index contributed by atoms with van der Waals surface area (Å²) in [6.07, 6.45) is 3.84. The van der Waals surface area contributed by atoms with Crippen LogP contribution in [0.3, 0.4) is 0 Å². The lowest BCUT2D eigenvalue weighted by molar-refractivity contribution is 0.410. The van der Waals surface area contributed by atoms with E-state index in [1.807, 2.05) is 22.7 Å². The third-order valence-corrected chi connectivity index (χ3v) is 7.29. The van der Waals surface area contributed by atoms with Crippen LogP contribution in [-0.4, -0.2) is 4.57 Å². The zero-order valence-corrected chi connectivity index (χ0v) is 16.4. The number of hydrogen-bond acceptors (Lipinski definition) is 2. The molecule has 0 saturated carbocycles. The van der Waals surface area contributed by atoms with Crippen molar-refractivity contribution in [3.63, 3.8) is 0 Å². The summed E-state index contributed by atoms with van der Waals surface area (Å²) in [5.74, 6) is 0.774. The molecule has 3 rings (SSSR count). The molecule has 3 heterocycles. The minimum atomic E-state index is 0.774. The Morgan fingerprint density at radius 2 is 1.60 bits per heavy atom. The van der Waals surface area contributed by atoms with Crippen molar-refractivity contribution in [3.8, 4) is 0 Å². The van der Waals surface area contributed by atoms with Gasteiger partial charge in [-0.05, 0) is 56.3 Å². The SMILES string of the molecule is CCCC(CC)Cn1c2cc(Br)sc2c2sc(Br)cc21. The van der Waals surface area contributed by atoms with Crippen LogP contribution in [0.1, 0.15) is 33.1 Å². The molecule has 108 valence electrons. The van der Waals surface area contributed by atoms with Gasteiger partial charge in [-0.1, -0.05) is 26.7 Å². The van der Waals surface area contributed by atoms with Gasteiger partial charge in [-0.25, -0.2) is 0 Å². The molecular formula is C15H17Br2NS2. The van der Waals surface area contributed by atoms with E-state index in [2.05, 4.69) is 62.4 Å². The Kier molecular flexibility index (Phi) is 4.60. The Bertz CT molecular complexity index is 684. The fraction of sp³-hybridized carbons (Fsp3) is 0.467. The van der Waals surface area contributed by atoms with Gasteiger partial charge in [0.15, 0.2) is 0 Å². The molecule has 0 aliphatic heterocycles. The Hall–Kier alpha value is 0.160. The minimum absolute atomic E-state index is 0.774. The molecule has 3 aromatic rings. The topological polar surface area (TPSA) is 4.93 Å². The highest BCUT2D eigenvalue weighted by Crippen LogP contribution is 2.43. The maximum atomic E-state index is 3.64. The second-order valence-electron chi connectivity index (χ2n) is 5.20. The minimum Gasteiger partial charge on any atom is -0.339 e. The third kappa shape index (κ3) is 2.62. The van der Waals surface area contributed by atoms with Gasteiger partial charge in [0.05, 0.1) is 28.0 Å². The molecule has 3 aromatic heterocycles. The molecule has 0 aliphatic rings. The van der Waals surface area contributed by atoms with Gasteiger partial charge in [-0.15, -0.1) is 22.7 Å². The lowest BCUT2D eigenvalue weighted by atomic mass is 10.0. The molecule has 0 aromatic carbocycles. The maximum absolute atomic E-state index is 3.64. The molecule has 0 N–H and O–H groups in total. The van der Waals surface area contributed by atoms with E-state index >= 15 is 0 Å². The van der Waals surface area contributed by atoms with Gasteiger partial charge in [-0.2, -0.15) is 0 Å². The molecular weight excluding hydrogens is 418 g/mol. The van der Waals surface area contributed by atoms with Crippen LogP contribution in [0, 0.1) is 5.92 Å². The molecule has 0 bridgehead atoms. The maximum Gasteiger partial charge on any atom is 0.0726 e. The van der Waals surface area contributed by atoms with Crippen molar-refractivity contribution in [1.82, 2.24) is 4.57 Å². The number of nitrogens with zero attached hydrogens (tertiary/aromatic N) is 1. The quantitative estimate of drug-likeness (QED) is 0.397. The van der Waals surface area contributed by atoms with E-state index in [4.69, 9.17) is 0 Å². The number of halogens is 2. The summed E-state index contributed by atoms with van der Waals surface area (Å²) < 4.78 is 7.83. The Labute approximate surface area is 144 Å². The average Bonchev–Trinajstić information content (AvgIpc) is 3.02. The molecule has 0 aliphatic carbocycles. The summed E-state index contributed by atoms with van der Waals surface area (Å²) in [5.41, 5.74) is 2.79. The van der Waals surface area contributed by atoms with E-state index in [1.165, 1.54) is 47.3 Å². The standard InChI is InChI=1S/C15H17Br2NS2/c1-3-5-9(4-2)8-18-10-6-12(16)19-14(10)15-11(18)7-13(17)20-15/h6-7,9H,3-5,8H2,1-2H3. The average molecular weight is 435 g/mol. The number of thiophene rings is 2. The van der Waals surface area contributed by atoms with E-state index in [0.717, 1.165) is 12.5 Å². The van der Waals surface area contributed by atoms with Gasteiger partial charge < -0.3 is 4.57 Å². The van der Waals surface area contributed by atoms with Crippen molar-refractivity contribution in [3.05, 3.63) is 19.7 Å². The molecule has 1 atom stereocenters. The van der Waals surface area contributed by atoms with Crippen LogP contribution in [0.4, 0.5) is 0 Å². The fourth-order valence-corrected chi connectivity index (χ4v) is 6.18. The summed E-state index contributed by atoms with van der Waals surface area (Å²) >= 11 is 11.0. The van der Waals surface area contributed by atoms with Crippen LogP contribution in [-0.2, 0) is 6.54 Å². The third-order valence-electron chi connectivity index (χ3n) is 3.87. The predicted molar refractivity (Wildman–Crippen MR) is 99.3 cm³/mol. The van der Waals surface area contributed by atoms with Gasteiger partial charge in [0.2, 0.25) is 0 Å². The molecule has 1 nitrogen and oxygen atoms in total. The molecule has 0 saturated heterocycles. The van der Waals surface area contributed by atoms with Crippen molar-refractivity contribution in [2.45, 2.75) is 39.7 Å². The molecule has 0 amide bonds. The van der Waals surface area contributed by atoms with E-state index in [9.17, 15) is 0 Å². The van der Waals surface area contributed by atoms with Crippen LogP contribution >= 0.6 is 54.5 Å². The monoisotopic (exact) mass is 433 g/mol. The van der Waals surface area contributed by atoms with Crippen molar-refractivity contribution in [1.29, 1.82) is 0 Å². The number of rotatable bonds is 5. The molecule has 0 fully saturated rings. The highest BCUT2D eigenvalue weighted by Gasteiger charge is 2.18. The van der Waals surface area contributed by atoms with Crippen LogP contribution in [0.15, 0.2) is 19.7 Å². The van der Waals surface area contributed by atoms with Gasteiger partial charge in [-0.3, -0.25) is 0 Å². The first-order chi connectivity index (χ1) is 9.63. The Morgan fingerprint density at radius 1 is 1.05 bits per heavy atom. The van der Waals surface area contributed by atoms with Gasteiger partial charge in [0.25, 0.3) is 0 Å². The molecule has 20 heavy (non-hydrogen) atoms. The first kappa shape index (κ1) is 15.1. The fourth-order valence-electron chi connectivity index (χ4n) is 2.85.